The molecule has 0 bridgehead atoms. The second kappa shape index (κ2) is 8.31. The van der Waals surface area contributed by atoms with Crippen molar-refractivity contribution in [1.29, 1.82) is 0 Å². The summed E-state index contributed by atoms with van der Waals surface area (Å²) < 4.78 is 7.09. The van der Waals surface area contributed by atoms with Gasteiger partial charge in [0.25, 0.3) is 5.91 Å². The fourth-order valence-electron chi connectivity index (χ4n) is 4.75. The molecule has 0 radical (unpaired) electrons. The number of aromatic nitrogens is 4. The first kappa shape index (κ1) is 21.1. The molecule has 0 saturated carbocycles. The van der Waals surface area contributed by atoms with E-state index in [1.54, 1.807) is 23.9 Å². The van der Waals surface area contributed by atoms with E-state index in [-0.39, 0.29) is 17.9 Å². The molecule has 7 heteroatoms. The van der Waals surface area contributed by atoms with E-state index in [9.17, 15) is 4.79 Å². The topological polar surface area (TPSA) is 81.4 Å². The Labute approximate surface area is 192 Å². The minimum absolute atomic E-state index is 0.0142. The van der Waals surface area contributed by atoms with Crippen LogP contribution in [0, 0.1) is 6.92 Å². The smallest absolute Gasteiger partial charge is 0.255 e. The molecule has 1 aliphatic rings. The molecule has 0 aliphatic heterocycles. The van der Waals surface area contributed by atoms with Crippen molar-refractivity contribution in [2.75, 3.05) is 7.11 Å². The number of carbonyl (C=O) groups is 1. The number of fused-ring (bicyclic) bond motifs is 2. The maximum atomic E-state index is 13.4. The molecule has 3 heterocycles. The molecule has 4 aromatic rings. The molecule has 1 amide bonds. The van der Waals surface area contributed by atoms with Crippen molar-refractivity contribution in [2.45, 2.75) is 45.6 Å². The number of aryl methyl sites for hydroxylation is 2. The molecule has 1 atom stereocenters. The number of pyridine rings is 1. The predicted octanol–water partition coefficient (Wildman–Crippen LogP) is 4.65. The maximum Gasteiger partial charge on any atom is 0.255 e. The molecule has 0 unspecified atom stereocenters. The van der Waals surface area contributed by atoms with Crippen LogP contribution in [0.1, 0.15) is 65.1 Å². The molecule has 0 spiro atoms. The van der Waals surface area contributed by atoms with Crippen LogP contribution in [-0.2, 0) is 6.42 Å². The van der Waals surface area contributed by atoms with Crippen LogP contribution >= 0.6 is 0 Å². The Morgan fingerprint density at radius 1 is 1.18 bits per heavy atom. The molecule has 0 saturated heterocycles. The predicted molar refractivity (Wildman–Crippen MR) is 127 cm³/mol. The Balaban J connectivity index is 1.57. The summed E-state index contributed by atoms with van der Waals surface area (Å²) in [6, 6.07) is 13.9. The van der Waals surface area contributed by atoms with E-state index in [1.807, 2.05) is 31.2 Å². The fraction of sp³-hybridized carbons (Fsp3) is 0.308. The maximum absolute atomic E-state index is 13.4. The number of methoxy groups -OCH3 is 1. The van der Waals surface area contributed by atoms with Gasteiger partial charge in [0.1, 0.15) is 0 Å². The van der Waals surface area contributed by atoms with Crippen molar-refractivity contribution in [1.82, 2.24) is 24.9 Å². The molecular formula is C26H27N5O2. The van der Waals surface area contributed by atoms with E-state index in [1.165, 1.54) is 11.1 Å². The first-order chi connectivity index (χ1) is 16.0. The number of carbonyl (C=O) groups excluding carboxylic acids is 1. The van der Waals surface area contributed by atoms with Gasteiger partial charge in [0.05, 0.1) is 41.4 Å². The van der Waals surface area contributed by atoms with Crippen molar-refractivity contribution in [3.05, 3.63) is 76.7 Å². The van der Waals surface area contributed by atoms with Gasteiger partial charge >= 0.3 is 0 Å². The molecule has 3 aromatic heterocycles. The Morgan fingerprint density at radius 3 is 2.79 bits per heavy atom. The Morgan fingerprint density at radius 2 is 2.00 bits per heavy atom. The van der Waals surface area contributed by atoms with Gasteiger partial charge in [-0.3, -0.25) is 4.79 Å². The number of nitrogens with zero attached hydrogens (tertiary/aromatic N) is 4. The fourth-order valence-corrected chi connectivity index (χ4v) is 4.75. The monoisotopic (exact) mass is 441 g/mol. The lowest BCUT2D eigenvalue weighted by molar-refractivity contribution is 0.0934. The van der Waals surface area contributed by atoms with Gasteiger partial charge in [-0.05, 0) is 42.9 Å². The number of benzene rings is 1. The summed E-state index contributed by atoms with van der Waals surface area (Å²) in [5, 5.41) is 8.00. The Hall–Kier alpha value is -3.74. The van der Waals surface area contributed by atoms with Crippen LogP contribution in [0.3, 0.4) is 0 Å². The molecule has 5 rings (SSSR count). The molecule has 33 heavy (non-hydrogen) atoms. The van der Waals surface area contributed by atoms with Crippen LogP contribution < -0.4 is 10.1 Å². The van der Waals surface area contributed by atoms with Gasteiger partial charge in [0.2, 0.25) is 5.88 Å². The molecule has 1 aromatic carbocycles. The summed E-state index contributed by atoms with van der Waals surface area (Å²) in [4.78, 5) is 22.7. The van der Waals surface area contributed by atoms with Gasteiger partial charge in [-0.15, -0.1) is 0 Å². The minimum Gasteiger partial charge on any atom is -0.481 e. The Kier molecular flexibility index (Phi) is 5.32. The average molecular weight is 442 g/mol. The highest BCUT2D eigenvalue weighted by molar-refractivity contribution is 5.96. The lowest BCUT2D eigenvalue weighted by atomic mass is 10.0. The minimum atomic E-state index is -0.121. The summed E-state index contributed by atoms with van der Waals surface area (Å²) in [7, 11) is 1.60. The first-order valence-corrected chi connectivity index (χ1v) is 11.3. The van der Waals surface area contributed by atoms with E-state index < -0.39 is 0 Å². The highest BCUT2D eigenvalue weighted by atomic mass is 16.5. The van der Waals surface area contributed by atoms with Crippen molar-refractivity contribution < 1.29 is 9.53 Å². The van der Waals surface area contributed by atoms with Gasteiger partial charge in [0.15, 0.2) is 5.65 Å². The lowest BCUT2D eigenvalue weighted by Gasteiger charge is -2.18. The number of amides is 1. The number of hydrogen-bond donors (Lipinski definition) is 1. The third kappa shape index (κ3) is 3.63. The van der Waals surface area contributed by atoms with Crippen molar-refractivity contribution in [3.8, 4) is 17.1 Å². The third-order valence-electron chi connectivity index (χ3n) is 6.27. The van der Waals surface area contributed by atoms with Gasteiger partial charge in [-0.2, -0.15) is 5.10 Å². The number of hydrogen-bond acceptors (Lipinski definition) is 5. The zero-order valence-corrected chi connectivity index (χ0v) is 19.3. The zero-order chi connectivity index (χ0) is 23.1. The average Bonchev–Trinajstić information content (AvgIpc) is 3.38. The highest BCUT2D eigenvalue weighted by Gasteiger charge is 2.27. The molecule has 168 valence electrons. The second-order valence-electron chi connectivity index (χ2n) is 8.74. The van der Waals surface area contributed by atoms with Gasteiger partial charge in [0, 0.05) is 12.3 Å². The van der Waals surface area contributed by atoms with Gasteiger partial charge in [-0.25, -0.2) is 14.5 Å². The summed E-state index contributed by atoms with van der Waals surface area (Å²) in [5.41, 5.74) is 6.95. The van der Waals surface area contributed by atoms with Crippen LogP contribution in [0.25, 0.3) is 16.9 Å². The van der Waals surface area contributed by atoms with E-state index >= 15 is 0 Å². The molecule has 7 nitrogen and oxygen atoms in total. The van der Waals surface area contributed by atoms with Gasteiger partial charge in [-0.1, -0.05) is 44.2 Å². The first-order valence-electron chi connectivity index (χ1n) is 11.3. The Bertz CT molecular complexity index is 1360. The molecule has 1 aliphatic carbocycles. The normalized spacial score (nSPS) is 15.1. The highest BCUT2D eigenvalue weighted by Crippen LogP contribution is 2.33. The second-order valence-corrected chi connectivity index (χ2v) is 8.74. The van der Waals surface area contributed by atoms with Crippen molar-refractivity contribution >= 4 is 11.6 Å². The van der Waals surface area contributed by atoms with E-state index in [2.05, 4.69) is 41.3 Å². The van der Waals surface area contributed by atoms with Crippen LogP contribution in [0.5, 0.6) is 5.88 Å². The molecule has 0 fully saturated rings. The lowest BCUT2D eigenvalue weighted by Crippen LogP contribution is -2.29. The number of nitrogens with one attached hydrogen (secondary N) is 1. The number of rotatable bonds is 5. The van der Waals surface area contributed by atoms with Crippen LogP contribution in [-0.4, -0.2) is 32.6 Å². The zero-order valence-electron chi connectivity index (χ0n) is 19.3. The van der Waals surface area contributed by atoms with E-state index in [4.69, 9.17) is 9.84 Å². The van der Waals surface area contributed by atoms with Crippen molar-refractivity contribution in [2.24, 2.45) is 0 Å². The van der Waals surface area contributed by atoms with E-state index in [0.717, 1.165) is 35.5 Å². The largest absolute Gasteiger partial charge is 0.481 e. The molecule has 1 N–H and O–H groups in total. The quantitative estimate of drug-likeness (QED) is 0.488. The van der Waals surface area contributed by atoms with Crippen LogP contribution in [0.15, 0.2) is 48.7 Å². The SMILES string of the molecule is COc1cccc(-c2c(C)nn3c(C(C)C)c(C(=O)N[C@H]4CCc5ccccc54)cnc23)n1. The molecular weight excluding hydrogens is 414 g/mol. The van der Waals surface area contributed by atoms with Gasteiger partial charge < -0.3 is 10.1 Å². The summed E-state index contributed by atoms with van der Waals surface area (Å²) in [6.07, 6.45) is 3.56. The summed E-state index contributed by atoms with van der Waals surface area (Å²) in [5.74, 6) is 0.477. The van der Waals surface area contributed by atoms with E-state index in [0.29, 0.717) is 17.1 Å². The number of ether oxygens (including phenoxy) is 1. The summed E-state index contributed by atoms with van der Waals surface area (Å²) >= 11 is 0. The standard InChI is InChI=1S/C26H27N5O2/c1-15(2)24-19(26(32)29-20-13-12-17-8-5-6-9-18(17)20)14-27-25-23(16(3)30-31(24)25)21-10-7-11-22(28-21)33-4/h5-11,14-15,20H,12-13H2,1-4H3,(H,29,32)/t20-/m0/s1. The summed E-state index contributed by atoms with van der Waals surface area (Å²) in [6.45, 7) is 6.07. The van der Waals surface area contributed by atoms with Crippen LogP contribution in [0.4, 0.5) is 0 Å². The van der Waals surface area contributed by atoms with Crippen molar-refractivity contribution in [3.63, 3.8) is 0 Å². The van der Waals surface area contributed by atoms with Crippen LogP contribution in [0.2, 0.25) is 0 Å². The third-order valence-corrected chi connectivity index (χ3v) is 6.27.